The molecule has 1 aromatic carbocycles. The summed E-state index contributed by atoms with van der Waals surface area (Å²) in [5.74, 6) is -0.930. The molecule has 2 aromatic heterocycles. The van der Waals surface area contributed by atoms with Gasteiger partial charge in [-0.15, -0.1) is 15.0 Å². The molecule has 28 heavy (non-hydrogen) atoms. The lowest BCUT2D eigenvalue weighted by Crippen LogP contribution is -2.16. The van der Waals surface area contributed by atoms with Crippen LogP contribution in [0.15, 0.2) is 52.4 Å². The highest BCUT2D eigenvalue weighted by molar-refractivity contribution is 5.92. The number of hydrogen-bond donors (Lipinski definition) is 1. The Hall–Kier alpha value is -3.94. The van der Waals surface area contributed by atoms with E-state index >= 15 is 0 Å². The number of aryl methyl sites for hydroxylation is 1. The highest BCUT2D eigenvalue weighted by Crippen LogP contribution is 2.24. The fraction of sp³-hybridized carbons (Fsp3) is 0.100. The van der Waals surface area contributed by atoms with E-state index in [0.29, 0.717) is 11.4 Å². The van der Waals surface area contributed by atoms with Crippen LogP contribution in [0.4, 0.5) is 0 Å². The van der Waals surface area contributed by atoms with Crippen molar-refractivity contribution in [3.8, 4) is 17.2 Å². The fourth-order valence-corrected chi connectivity index (χ4v) is 2.44. The van der Waals surface area contributed by atoms with Crippen molar-refractivity contribution in [1.82, 2.24) is 15.0 Å². The van der Waals surface area contributed by atoms with E-state index in [1.165, 1.54) is 42.3 Å². The van der Waals surface area contributed by atoms with E-state index in [4.69, 9.17) is 9.15 Å². The van der Waals surface area contributed by atoms with Gasteiger partial charge in [0.05, 0.1) is 11.8 Å². The topological polar surface area (TPSA) is 107 Å². The summed E-state index contributed by atoms with van der Waals surface area (Å²) in [6.07, 6.45) is 6.29. The van der Waals surface area contributed by atoms with Crippen LogP contribution in [0.25, 0.3) is 17.8 Å². The van der Waals surface area contributed by atoms with Crippen molar-refractivity contribution in [2.24, 2.45) is 0 Å². The predicted molar refractivity (Wildman–Crippen MR) is 102 cm³/mol. The number of esters is 1. The molecule has 142 valence electrons. The van der Waals surface area contributed by atoms with Crippen molar-refractivity contribution in [3.05, 3.63) is 76.1 Å². The summed E-state index contributed by atoms with van der Waals surface area (Å²) in [7, 11) is 0. The molecule has 8 heteroatoms. The summed E-state index contributed by atoms with van der Waals surface area (Å²) in [5.41, 5.74) is 0.868. The van der Waals surface area contributed by atoms with Crippen LogP contribution in [0.5, 0.6) is 11.5 Å². The van der Waals surface area contributed by atoms with Gasteiger partial charge in [0.2, 0.25) is 11.2 Å². The molecule has 0 fully saturated rings. The first kappa shape index (κ1) is 18.8. The number of ether oxygens (including phenoxy) is 1. The van der Waals surface area contributed by atoms with Crippen LogP contribution in [0, 0.1) is 6.92 Å². The Bertz CT molecular complexity index is 1140. The molecule has 0 radical (unpaired) electrons. The minimum atomic E-state index is -0.785. The van der Waals surface area contributed by atoms with Gasteiger partial charge in [-0.3, -0.25) is 4.79 Å². The predicted octanol–water partition coefficient (Wildman–Crippen LogP) is 3.13. The van der Waals surface area contributed by atoms with Crippen molar-refractivity contribution >= 4 is 18.1 Å². The maximum absolute atomic E-state index is 12.5. The van der Waals surface area contributed by atoms with Crippen molar-refractivity contribution in [2.45, 2.75) is 13.8 Å². The monoisotopic (exact) mass is 379 g/mol. The van der Waals surface area contributed by atoms with Crippen LogP contribution < -0.4 is 10.2 Å². The van der Waals surface area contributed by atoms with Gasteiger partial charge in [-0.2, -0.15) is 0 Å². The van der Waals surface area contributed by atoms with Crippen molar-refractivity contribution < 1.29 is 19.1 Å². The summed E-state index contributed by atoms with van der Waals surface area (Å²) in [6, 6.07) is 5.21. The van der Waals surface area contributed by atoms with Gasteiger partial charge in [0, 0.05) is 6.07 Å². The molecule has 0 aliphatic carbocycles. The number of carbonyl (C=O) groups is 1. The number of rotatable bonds is 5. The molecular formula is C20H17N3O5. The van der Waals surface area contributed by atoms with Crippen LogP contribution in [0.1, 0.15) is 34.4 Å². The molecule has 0 atom stereocenters. The molecule has 0 aliphatic rings. The quantitative estimate of drug-likeness (QED) is 0.679. The molecule has 0 unspecified atom stereocenters. The molecule has 3 aromatic rings. The maximum Gasteiger partial charge on any atom is 0.343 e. The number of hydrogen-bond acceptors (Lipinski definition) is 7. The maximum atomic E-state index is 12.5. The first-order valence-electron chi connectivity index (χ1n) is 8.31. The van der Waals surface area contributed by atoms with Crippen LogP contribution in [0.2, 0.25) is 0 Å². The number of aromatic nitrogens is 3. The van der Waals surface area contributed by atoms with Crippen molar-refractivity contribution in [3.63, 3.8) is 0 Å². The van der Waals surface area contributed by atoms with Gasteiger partial charge in [0.1, 0.15) is 28.6 Å². The van der Waals surface area contributed by atoms with Crippen LogP contribution in [-0.2, 0) is 0 Å². The average Bonchev–Trinajstić information content (AvgIpc) is 3.08. The number of benzene rings is 1. The Kier molecular flexibility index (Phi) is 5.21. The SMILES string of the molecule is C=Cc1nn(-c2cc(C(=O)Oc3c(C)occc3=O)ccc2O)nc1/C=C\C. The molecule has 1 N–H and O–H groups in total. The van der Waals surface area contributed by atoms with Gasteiger partial charge < -0.3 is 14.3 Å². The summed E-state index contributed by atoms with van der Waals surface area (Å²) in [6.45, 7) is 7.04. The summed E-state index contributed by atoms with van der Waals surface area (Å²) in [5, 5.41) is 18.7. The second kappa shape index (κ2) is 7.75. The Morgan fingerprint density at radius 2 is 2.04 bits per heavy atom. The normalized spacial score (nSPS) is 10.9. The van der Waals surface area contributed by atoms with E-state index in [9.17, 15) is 14.7 Å². The number of phenols is 1. The third-order valence-corrected chi connectivity index (χ3v) is 3.81. The second-order valence-corrected chi connectivity index (χ2v) is 5.73. The Morgan fingerprint density at radius 3 is 2.71 bits per heavy atom. The zero-order valence-electron chi connectivity index (χ0n) is 15.2. The largest absolute Gasteiger partial charge is 0.506 e. The summed E-state index contributed by atoms with van der Waals surface area (Å²) < 4.78 is 10.3. The highest BCUT2D eigenvalue weighted by Gasteiger charge is 2.18. The van der Waals surface area contributed by atoms with E-state index in [1.54, 1.807) is 12.2 Å². The van der Waals surface area contributed by atoms with Gasteiger partial charge in [-0.25, -0.2) is 4.79 Å². The minimum Gasteiger partial charge on any atom is -0.506 e. The first-order valence-corrected chi connectivity index (χ1v) is 8.31. The molecule has 3 rings (SSSR count). The number of carbonyl (C=O) groups excluding carboxylic acids is 1. The smallest absolute Gasteiger partial charge is 0.343 e. The summed E-state index contributed by atoms with van der Waals surface area (Å²) >= 11 is 0. The highest BCUT2D eigenvalue weighted by atomic mass is 16.5. The van der Waals surface area contributed by atoms with E-state index in [2.05, 4.69) is 16.8 Å². The summed E-state index contributed by atoms with van der Waals surface area (Å²) in [4.78, 5) is 25.5. The number of aromatic hydroxyl groups is 1. The molecular weight excluding hydrogens is 362 g/mol. The standard InChI is InChI=1S/C20H17N3O5/c1-4-6-15-14(5-2)21-23(22-15)16-11-13(7-8-17(16)24)20(26)28-19-12(3)27-10-9-18(19)25/h4-11,24H,2H2,1,3H3/b6-4-. The van der Waals surface area contributed by atoms with E-state index in [0.717, 1.165) is 6.07 Å². The van der Waals surface area contributed by atoms with Gasteiger partial charge in [-0.1, -0.05) is 12.7 Å². The number of allylic oxidation sites excluding steroid dienone is 1. The molecule has 0 bridgehead atoms. The molecule has 0 saturated carbocycles. The lowest BCUT2D eigenvalue weighted by atomic mass is 10.2. The average molecular weight is 379 g/mol. The lowest BCUT2D eigenvalue weighted by Gasteiger charge is -2.08. The molecule has 0 spiro atoms. The van der Waals surface area contributed by atoms with Gasteiger partial charge in [-0.05, 0) is 44.2 Å². The van der Waals surface area contributed by atoms with Crippen molar-refractivity contribution in [2.75, 3.05) is 0 Å². The molecule has 0 aliphatic heterocycles. The van der Waals surface area contributed by atoms with Gasteiger partial charge >= 0.3 is 5.97 Å². The molecule has 0 amide bonds. The van der Waals surface area contributed by atoms with E-state index in [-0.39, 0.29) is 28.5 Å². The zero-order valence-corrected chi connectivity index (χ0v) is 15.2. The van der Waals surface area contributed by atoms with Crippen LogP contribution >= 0.6 is 0 Å². The van der Waals surface area contributed by atoms with E-state index < -0.39 is 11.4 Å². The first-order chi connectivity index (χ1) is 13.4. The van der Waals surface area contributed by atoms with Crippen LogP contribution in [-0.4, -0.2) is 26.1 Å². The lowest BCUT2D eigenvalue weighted by molar-refractivity contribution is 0.0727. The number of phenolic OH excluding ortho intramolecular Hbond substituents is 1. The third kappa shape index (κ3) is 3.61. The van der Waals surface area contributed by atoms with E-state index in [1.807, 2.05) is 6.92 Å². The zero-order chi connectivity index (χ0) is 20.3. The second-order valence-electron chi connectivity index (χ2n) is 5.73. The molecule has 0 saturated heterocycles. The van der Waals surface area contributed by atoms with Crippen LogP contribution in [0.3, 0.4) is 0 Å². The number of nitrogens with zero attached hydrogens (tertiary/aromatic N) is 3. The van der Waals surface area contributed by atoms with Gasteiger partial charge in [0.15, 0.2) is 0 Å². The minimum absolute atomic E-state index is 0.0977. The molecule has 8 nitrogen and oxygen atoms in total. The fourth-order valence-electron chi connectivity index (χ4n) is 2.44. The van der Waals surface area contributed by atoms with Crippen molar-refractivity contribution in [1.29, 1.82) is 0 Å². The third-order valence-electron chi connectivity index (χ3n) is 3.81. The molecule has 2 heterocycles. The Balaban J connectivity index is 1.99. The Morgan fingerprint density at radius 1 is 1.29 bits per heavy atom. The Labute approximate surface area is 160 Å². The van der Waals surface area contributed by atoms with Gasteiger partial charge in [0.25, 0.3) is 0 Å².